The first kappa shape index (κ1) is 9.98. The van der Waals surface area contributed by atoms with E-state index in [0.29, 0.717) is 6.07 Å². The van der Waals surface area contributed by atoms with Crippen LogP contribution < -0.4 is 0 Å². The molecule has 1 aromatic carbocycles. The highest BCUT2D eigenvalue weighted by Gasteiger charge is 2.32. The van der Waals surface area contributed by atoms with Crippen LogP contribution in [0.1, 0.15) is 11.1 Å². The SMILES string of the molecule is [NH-]Cc1ccc(F)cc1C(F)(F)F. The van der Waals surface area contributed by atoms with Gasteiger partial charge in [-0.05, 0) is 12.1 Å². The van der Waals surface area contributed by atoms with Crippen molar-refractivity contribution >= 4 is 0 Å². The molecule has 0 spiro atoms. The number of halogens is 4. The molecule has 0 aromatic heterocycles. The molecule has 13 heavy (non-hydrogen) atoms. The summed E-state index contributed by atoms with van der Waals surface area (Å²) in [5.41, 5.74) is 5.53. The Hall–Kier alpha value is -1.10. The Labute approximate surface area is 72.2 Å². The lowest BCUT2D eigenvalue weighted by Gasteiger charge is -2.13. The van der Waals surface area contributed by atoms with Crippen molar-refractivity contribution in [1.29, 1.82) is 0 Å². The second kappa shape index (κ2) is 3.33. The van der Waals surface area contributed by atoms with Crippen molar-refractivity contribution in [2.75, 3.05) is 0 Å². The van der Waals surface area contributed by atoms with E-state index in [1.165, 1.54) is 0 Å². The number of hydrogen-bond acceptors (Lipinski definition) is 0. The van der Waals surface area contributed by atoms with Gasteiger partial charge in [0.05, 0.1) is 5.56 Å². The molecule has 0 bridgehead atoms. The Morgan fingerprint density at radius 1 is 1.23 bits per heavy atom. The zero-order valence-corrected chi connectivity index (χ0v) is 6.45. The largest absolute Gasteiger partial charge is 0.674 e. The van der Waals surface area contributed by atoms with Gasteiger partial charge in [-0.15, -0.1) is 6.54 Å². The van der Waals surface area contributed by atoms with Crippen LogP contribution >= 0.6 is 0 Å². The number of rotatable bonds is 1. The summed E-state index contributed by atoms with van der Waals surface area (Å²) in [4.78, 5) is 0. The Morgan fingerprint density at radius 2 is 1.85 bits per heavy atom. The van der Waals surface area contributed by atoms with E-state index in [0.717, 1.165) is 12.1 Å². The topological polar surface area (TPSA) is 23.8 Å². The highest BCUT2D eigenvalue weighted by molar-refractivity contribution is 5.30. The molecule has 0 atom stereocenters. The van der Waals surface area contributed by atoms with Gasteiger partial charge in [0.25, 0.3) is 0 Å². The summed E-state index contributed by atoms with van der Waals surface area (Å²) in [7, 11) is 0. The fraction of sp³-hybridized carbons (Fsp3) is 0.250. The summed E-state index contributed by atoms with van der Waals surface area (Å²) in [6.45, 7) is -0.505. The van der Waals surface area contributed by atoms with E-state index in [4.69, 9.17) is 5.73 Å². The maximum absolute atomic E-state index is 12.5. The normalized spacial score (nSPS) is 11.8. The van der Waals surface area contributed by atoms with Crippen molar-refractivity contribution in [2.45, 2.75) is 12.7 Å². The molecule has 1 nitrogen and oxygen atoms in total. The van der Waals surface area contributed by atoms with Crippen molar-refractivity contribution in [2.24, 2.45) is 0 Å². The number of benzene rings is 1. The molecule has 0 aliphatic heterocycles. The standard InChI is InChI=1S/C8H6F4N/c9-6-2-1-5(4-13)7(3-6)8(10,11)12/h1-3,13H,4H2/q-1. The lowest BCUT2D eigenvalue weighted by atomic mass is 10.1. The molecular formula is C8H6F4N-. The second-order valence-electron chi connectivity index (χ2n) is 2.48. The second-order valence-corrected chi connectivity index (χ2v) is 2.48. The van der Waals surface area contributed by atoms with Gasteiger partial charge in [0.15, 0.2) is 0 Å². The molecule has 72 valence electrons. The quantitative estimate of drug-likeness (QED) is 0.609. The Kier molecular flexibility index (Phi) is 2.56. The molecule has 0 saturated heterocycles. The molecule has 0 aliphatic rings. The number of nitrogens with one attached hydrogen (secondary N) is 1. The maximum Gasteiger partial charge on any atom is 0.416 e. The summed E-state index contributed by atoms with van der Waals surface area (Å²) >= 11 is 0. The van der Waals surface area contributed by atoms with Crippen molar-refractivity contribution < 1.29 is 17.6 Å². The Balaban J connectivity index is 3.24. The third kappa shape index (κ3) is 2.18. The van der Waals surface area contributed by atoms with E-state index in [9.17, 15) is 17.6 Å². The first-order valence-electron chi connectivity index (χ1n) is 3.45. The minimum atomic E-state index is -4.58. The smallest absolute Gasteiger partial charge is 0.416 e. The van der Waals surface area contributed by atoms with Gasteiger partial charge in [-0.3, -0.25) is 0 Å². The number of alkyl halides is 3. The van der Waals surface area contributed by atoms with Crippen LogP contribution in [0.25, 0.3) is 5.73 Å². The summed E-state index contributed by atoms with van der Waals surface area (Å²) in [6, 6.07) is 2.30. The van der Waals surface area contributed by atoms with Crippen LogP contribution in [0.3, 0.4) is 0 Å². The maximum atomic E-state index is 12.5. The van der Waals surface area contributed by atoms with Crippen LogP contribution in [-0.4, -0.2) is 0 Å². The summed E-state index contributed by atoms with van der Waals surface area (Å²) < 4.78 is 48.9. The predicted octanol–water partition coefficient (Wildman–Crippen LogP) is 3.40. The lowest BCUT2D eigenvalue weighted by molar-refractivity contribution is -0.138. The van der Waals surface area contributed by atoms with Gasteiger partial charge in [0.1, 0.15) is 5.82 Å². The first-order chi connectivity index (χ1) is 5.95. The van der Waals surface area contributed by atoms with Crippen LogP contribution in [0.4, 0.5) is 17.6 Å². The zero-order chi connectivity index (χ0) is 10.1. The molecule has 0 fully saturated rings. The van der Waals surface area contributed by atoms with Crippen molar-refractivity contribution in [1.82, 2.24) is 0 Å². The van der Waals surface area contributed by atoms with Gasteiger partial charge < -0.3 is 5.73 Å². The molecule has 0 radical (unpaired) electrons. The Morgan fingerprint density at radius 3 is 2.31 bits per heavy atom. The summed E-state index contributed by atoms with van der Waals surface area (Å²) in [5.74, 6) is -0.940. The van der Waals surface area contributed by atoms with Crippen LogP contribution in [0.5, 0.6) is 0 Å². The van der Waals surface area contributed by atoms with Gasteiger partial charge in [-0.1, -0.05) is 11.6 Å². The number of hydrogen-bond donors (Lipinski definition) is 0. The van der Waals surface area contributed by atoms with Crippen LogP contribution in [0, 0.1) is 5.82 Å². The zero-order valence-electron chi connectivity index (χ0n) is 6.45. The van der Waals surface area contributed by atoms with Gasteiger partial charge in [-0.2, -0.15) is 13.2 Å². The van der Waals surface area contributed by atoms with E-state index < -0.39 is 24.1 Å². The van der Waals surface area contributed by atoms with Crippen LogP contribution in [0.15, 0.2) is 18.2 Å². The molecule has 1 rings (SSSR count). The average Bonchev–Trinajstić information content (AvgIpc) is 2.03. The molecular weight excluding hydrogens is 186 g/mol. The molecule has 5 heteroatoms. The molecule has 1 N–H and O–H groups in total. The van der Waals surface area contributed by atoms with Gasteiger partial charge in [-0.25, -0.2) is 4.39 Å². The summed E-state index contributed by atoms with van der Waals surface area (Å²) in [5, 5.41) is 0. The molecule has 0 heterocycles. The van der Waals surface area contributed by atoms with E-state index in [1.807, 2.05) is 0 Å². The van der Waals surface area contributed by atoms with Gasteiger partial charge >= 0.3 is 6.18 Å². The Bertz CT molecular complexity index is 306. The minimum absolute atomic E-state index is 0.214. The van der Waals surface area contributed by atoms with Crippen molar-refractivity contribution in [3.05, 3.63) is 40.9 Å². The third-order valence-corrected chi connectivity index (χ3v) is 1.57. The minimum Gasteiger partial charge on any atom is -0.674 e. The predicted molar refractivity (Wildman–Crippen MR) is 39.4 cm³/mol. The average molecular weight is 192 g/mol. The third-order valence-electron chi connectivity index (χ3n) is 1.57. The molecule has 0 saturated carbocycles. The van der Waals surface area contributed by atoms with Gasteiger partial charge in [0.2, 0.25) is 0 Å². The monoisotopic (exact) mass is 192 g/mol. The fourth-order valence-corrected chi connectivity index (χ4v) is 0.967. The van der Waals surface area contributed by atoms with E-state index in [-0.39, 0.29) is 5.56 Å². The molecule has 0 amide bonds. The van der Waals surface area contributed by atoms with Crippen molar-refractivity contribution in [3.63, 3.8) is 0 Å². The van der Waals surface area contributed by atoms with E-state index in [2.05, 4.69) is 0 Å². The van der Waals surface area contributed by atoms with E-state index >= 15 is 0 Å². The van der Waals surface area contributed by atoms with Crippen molar-refractivity contribution in [3.8, 4) is 0 Å². The summed E-state index contributed by atoms with van der Waals surface area (Å²) in [6.07, 6.45) is -4.58. The van der Waals surface area contributed by atoms with Gasteiger partial charge in [0, 0.05) is 0 Å². The molecule has 1 aromatic rings. The molecule has 0 aliphatic carbocycles. The highest BCUT2D eigenvalue weighted by Crippen LogP contribution is 2.32. The van der Waals surface area contributed by atoms with Crippen LogP contribution in [0.2, 0.25) is 0 Å². The first-order valence-corrected chi connectivity index (χ1v) is 3.45. The lowest BCUT2D eigenvalue weighted by Crippen LogP contribution is -2.09. The van der Waals surface area contributed by atoms with E-state index in [1.54, 1.807) is 0 Å². The van der Waals surface area contributed by atoms with Crippen LogP contribution in [-0.2, 0) is 12.7 Å². The fourth-order valence-electron chi connectivity index (χ4n) is 0.967. The highest BCUT2D eigenvalue weighted by atomic mass is 19.4. The molecule has 0 unspecified atom stereocenters.